The van der Waals surface area contributed by atoms with Crippen LogP contribution in [0.5, 0.6) is 0 Å². The van der Waals surface area contributed by atoms with Crippen LogP contribution >= 0.6 is 0 Å². The second-order valence-corrected chi connectivity index (χ2v) is 11.7. The fourth-order valence-electron chi connectivity index (χ4n) is 3.40. The Balaban J connectivity index is 1.79. The number of rotatable bonds is 7. The Bertz CT molecular complexity index is 1070. The van der Waals surface area contributed by atoms with Crippen molar-refractivity contribution in [1.29, 1.82) is 0 Å². The molecule has 0 radical (unpaired) electrons. The highest BCUT2D eigenvalue weighted by Crippen LogP contribution is 2.28. The van der Waals surface area contributed by atoms with Crippen LogP contribution in [0.1, 0.15) is 25.3 Å². The summed E-state index contributed by atoms with van der Waals surface area (Å²) >= 11 is 0. The number of hydrogen-bond acceptors (Lipinski definition) is 5. The van der Waals surface area contributed by atoms with Gasteiger partial charge in [-0.2, -0.15) is 0 Å². The highest BCUT2D eigenvalue weighted by molar-refractivity contribution is 7.92. The Morgan fingerprint density at radius 1 is 0.966 bits per heavy atom. The first-order valence-electron chi connectivity index (χ1n) is 9.45. The lowest BCUT2D eigenvalue weighted by Crippen LogP contribution is -2.42. The summed E-state index contributed by atoms with van der Waals surface area (Å²) in [5, 5.41) is 2.79. The Hall–Kier alpha value is -1.94. The molecule has 1 fully saturated rings. The van der Waals surface area contributed by atoms with Gasteiger partial charge in [-0.25, -0.2) is 21.6 Å². The number of sulfonamides is 2. The summed E-state index contributed by atoms with van der Waals surface area (Å²) in [4.78, 5) is 0. The van der Waals surface area contributed by atoms with Crippen molar-refractivity contribution in [3.05, 3.63) is 54.1 Å². The molecule has 0 amide bonds. The van der Waals surface area contributed by atoms with Crippen molar-refractivity contribution < 1.29 is 16.8 Å². The van der Waals surface area contributed by atoms with E-state index in [9.17, 15) is 16.8 Å². The highest BCUT2D eigenvalue weighted by atomic mass is 32.2. The van der Waals surface area contributed by atoms with Gasteiger partial charge < -0.3 is 5.32 Å². The van der Waals surface area contributed by atoms with E-state index >= 15 is 0 Å². The minimum Gasteiger partial charge on any atom is -0.314 e. The maximum Gasteiger partial charge on any atom is 0.229 e. The Morgan fingerprint density at radius 2 is 1.66 bits per heavy atom. The quantitative estimate of drug-likeness (QED) is 0.615. The molecule has 1 saturated heterocycles. The Labute approximate surface area is 173 Å². The van der Waals surface area contributed by atoms with E-state index in [1.54, 1.807) is 32.0 Å². The Kier molecular flexibility index (Phi) is 6.33. The molecule has 158 valence electrons. The summed E-state index contributed by atoms with van der Waals surface area (Å²) in [7, 11) is -6.67. The van der Waals surface area contributed by atoms with Crippen LogP contribution in [0.15, 0.2) is 48.5 Å². The molecule has 0 saturated carbocycles. The van der Waals surface area contributed by atoms with Gasteiger partial charge in [-0.15, -0.1) is 0 Å². The monoisotopic (exact) mass is 437 g/mol. The maximum absolute atomic E-state index is 12.2. The SMILES string of the molecule is CC(C)S(=O)(=O)NC1CNCC1c1ccc(-c2cccc(NS(C)(=O)=O)c2)cc1. The van der Waals surface area contributed by atoms with Crippen molar-refractivity contribution in [2.45, 2.75) is 31.1 Å². The van der Waals surface area contributed by atoms with E-state index in [2.05, 4.69) is 14.8 Å². The molecule has 3 N–H and O–H groups in total. The van der Waals surface area contributed by atoms with E-state index in [0.717, 1.165) is 22.9 Å². The molecule has 1 heterocycles. The molecule has 0 spiro atoms. The van der Waals surface area contributed by atoms with Gasteiger partial charge in [-0.3, -0.25) is 4.72 Å². The van der Waals surface area contributed by atoms with Crippen LogP contribution in [0.3, 0.4) is 0 Å². The second-order valence-electron chi connectivity index (χ2n) is 7.66. The molecule has 0 bridgehead atoms. The third-order valence-corrected chi connectivity index (χ3v) is 7.47. The standard InChI is InChI=1S/C20H27N3O4S2/c1-14(2)29(26,27)23-20-13-21-12-19(20)16-9-7-15(8-10-16)17-5-4-6-18(11-17)22-28(3,24)25/h4-11,14,19-23H,12-13H2,1-3H3. The molecule has 29 heavy (non-hydrogen) atoms. The topological polar surface area (TPSA) is 104 Å². The molecule has 2 aromatic rings. The number of hydrogen-bond donors (Lipinski definition) is 3. The molecular weight excluding hydrogens is 410 g/mol. The molecule has 0 aromatic heterocycles. The smallest absolute Gasteiger partial charge is 0.229 e. The van der Waals surface area contributed by atoms with Gasteiger partial charge in [-0.05, 0) is 42.7 Å². The average molecular weight is 438 g/mol. The van der Waals surface area contributed by atoms with Crippen molar-refractivity contribution in [2.75, 3.05) is 24.1 Å². The van der Waals surface area contributed by atoms with Crippen molar-refractivity contribution in [3.8, 4) is 11.1 Å². The van der Waals surface area contributed by atoms with Crippen molar-refractivity contribution in [3.63, 3.8) is 0 Å². The van der Waals surface area contributed by atoms with Gasteiger partial charge in [0, 0.05) is 30.7 Å². The average Bonchev–Trinajstić information content (AvgIpc) is 3.08. The summed E-state index contributed by atoms with van der Waals surface area (Å²) in [5.74, 6) is 0.0517. The van der Waals surface area contributed by atoms with Crippen LogP contribution in [0.2, 0.25) is 0 Å². The molecule has 9 heteroatoms. The zero-order valence-electron chi connectivity index (χ0n) is 16.7. The summed E-state index contributed by atoms with van der Waals surface area (Å²) < 4.78 is 52.7. The van der Waals surface area contributed by atoms with Crippen LogP contribution in [-0.2, 0) is 20.0 Å². The van der Waals surface area contributed by atoms with Gasteiger partial charge in [0.1, 0.15) is 0 Å². The molecular formula is C20H27N3O4S2. The fourth-order valence-corrected chi connectivity index (χ4v) is 4.90. The van der Waals surface area contributed by atoms with Crippen LogP contribution < -0.4 is 14.8 Å². The van der Waals surface area contributed by atoms with Gasteiger partial charge in [-0.1, -0.05) is 36.4 Å². The minimum absolute atomic E-state index is 0.0517. The number of anilines is 1. The van der Waals surface area contributed by atoms with E-state index in [1.165, 1.54) is 0 Å². The summed E-state index contributed by atoms with van der Waals surface area (Å²) in [6.07, 6.45) is 1.12. The fraction of sp³-hybridized carbons (Fsp3) is 0.400. The van der Waals surface area contributed by atoms with Gasteiger partial charge in [0.15, 0.2) is 0 Å². The normalized spacial score (nSPS) is 20.1. The number of benzene rings is 2. The van der Waals surface area contributed by atoms with Gasteiger partial charge in [0.05, 0.1) is 11.5 Å². The molecule has 1 aliphatic rings. The van der Waals surface area contributed by atoms with Gasteiger partial charge in [0.25, 0.3) is 0 Å². The highest BCUT2D eigenvalue weighted by Gasteiger charge is 2.32. The first-order valence-corrected chi connectivity index (χ1v) is 12.9. The molecule has 7 nitrogen and oxygen atoms in total. The predicted octanol–water partition coefficient (Wildman–Crippen LogP) is 2.11. The zero-order valence-corrected chi connectivity index (χ0v) is 18.3. The van der Waals surface area contributed by atoms with E-state index in [1.807, 2.05) is 30.3 Å². The molecule has 2 unspecified atom stereocenters. The maximum atomic E-state index is 12.2. The zero-order chi connectivity index (χ0) is 21.2. The third-order valence-electron chi connectivity index (χ3n) is 4.99. The minimum atomic E-state index is -3.34. The van der Waals surface area contributed by atoms with E-state index in [0.29, 0.717) is 18.8 Å². The van der Waals surface area contributed by atoms with E-state index < -0.39 is 25.3 Å². The van der Waals surface area contributed by atoms with Crippen molar-refractivity contribution >= 4 is 25.7 Å². The molecule has 0 aliphatic carbocycles. The summed E-state index contributed by atoms with van der Waals surface area (Å²) in [5.41, 5.74) is 3.42. The number of nitrogens with one attached hydrogen (secondary N) is 3. The van der Waals surface area contributed by atoms with Gasteiger partial charge in [0.2, 0.25) is 20.0 Å². The third kappa shape index (κ3) is 5.57. The predicted molar refractivity (Wildman–Crippen MR) is 117 cm³/mol. The van der Waals surface area contributed by atoms with E-state index in [4.69, 9.17) is 0 Å². The van der Waals surface area contributed by atoms with E-state index in [-0.39, 0.29) is 12.0 Å². The molecule has 1 aliphatic heterocycles. The van der Waals surface area contributed by atoms with Crippen LogP contribution in [0, 0.1) is 0 Å². The van der Waals surface area contributed by atoms with Crippen molar-refractivity contribution in [2.24, 2.45) is 0 Å². The van der Waals surface area contributed by atoms with Gasteiger partial charge >= 0.3 is 0 Å². The lowest BCUT2D eigenvalue weighted by molar-refractivity contribution is 0.534. The lowest BCUT2D eigenvalue weighted by Gasteiger charge is -2.22. The van der Waals surface area contributed by atoms with Crippen LogP contribution in [-0.4, -0.2) is 47.5 Å². The molecule has 3 rings (SSSR count). The second kappa shape index (κ2) is 8.43. The Morgan fingerprint density at radius 3 is 2.28 bits per heavy atom. The summed E-state index contributed by atoms with van der Waals surface area (Å²) in [6.45, 7) is 4.64. The lowest BCUT2D eigenvalue weighted by atomic mass is 9.93. The largest absolute Gasteiger partial charge is 0.314 e. The molecule has 2 atom stereocenters. The summed E-state index contributed by atoms with van der Waals surface area (Å²) in [6, 6.07) is 15.0. The first-order chi connectivity index (χ1) is 13.5. The molecule has 2 aromatic carbocycles. The van der Waals surface area contributed by atoms with Crippen LogP contribution in [0.4, 0.5) is 5.69 Å². The van der Waals surface area contributed by atoms with Crippen LogP contribution in [0.25, 0.3) is 11.1 Å². The van der Waals surface area contributed by atoms with Crippen molar-refractivity contribution in [1.82, 2.24) is 10.0 Å². The first kappa shape index (κ1) is 21.8.